The lowest BCUT2D eigenvalue weighted by Crippen LogP contribution is -2.40. The minimum Gasteiger partial charge on any atom is -0.380 e. The Morgan fingerprint density at radius 1 is 1.38 bits per heavy atom. The van der Waals surface area contributed by atoms with Crippen molar-refractivity contribution in [1.29, 1.82) is 0 Å². The Balaban J connectivity index is 1.85. The minimum absolute atomic E-state index is 0.00618. The summed E-state index contributed by atoms with van der Waals surface area (Å²) in [6, 6.07) is 4.12. The average molecular weight is 291 g/mol. The lowest BCUT2D eigenvalue weighted by Gasteiger charge is -2.21. The Morgan fingerprint density at radius 2 is 2.14 bits per heavy atom. The summed E-state index contributed by atoms with van der Waals surface area (Å²) in [6.45, 7) is 0. The lowest BCUT2D eigenvalue weighted by molar-refractivity contribution is -0.133. The van der Waals surface area contributed by atoms with E-state index in [2.05, 4.69) is 20.8 Å². The van der Waals surface area contributed by atoms with Crippen molar-refractivity contribution in [2.45, 2.75) is 31.3 Å². The van der Waals surface area contributed by atoms with Gasteiger partial charge >= 0.3 is 0 Å². The van der Waals surface area contributed by atoms with E-state index in [1.165, 1.54) is 29.2 Å². The van der Waals surface area contributed by atoms with Gasteiger partial charge in [0.1, 0.15) is 17.7 Å². The van der Waals surface area contributed by atoms with Gasteiger partial charge in [0.15, 0.2) is 0 Å². The van der Waals surface area contributed by atoms with Gasteiger partial charge in [-0.3, -0.25) is 4.79 Å². The van der Waals surface area contributed by atoms with Gasteiger partial charge in [-0.15, -0.1) is 5.10 Å². The minimum atomic E-state index is -1.41. The van der Waals surface area contributed by atoms with E-state index in [1.807, 2.05) is 0 Å². The van der Waals surface area contributed by atoms with Crippen LogP contribution in [0.4, 0.5) is 10.1 Å². The fourth-order valence-electron chi connectivity index (χ4n) is 2.46. The van der Waals surface area contributed by atoms with Gasteiger partial charge in [0.2, 0.25) is 0 Å². The lowest BCUT2D eigenvalue weighted by atomic mass is 10.0. The van der Waals surface area contributed by atoms with Crippen LogP contribution in [-0.2, 0) is 4.79 Å². The monoisotopic (exact) mass is 291 g/mol. The normalized spacial score (nSPS) is 16.9. The van der Waals surface area contributed by atoms with Gasteiger partial charge < -0.3 is 10.4 Å². The molecule has 0 unspecified atom stereocenters. The second-order valence-corrected chi connectivity index (χ2v) is 5.11. The molecule has 2 N–H and O–H groups in total. The molecular formula is C13H14FN5O2. The molecule has 1 fully saturated rings. The maximum atomic E-state index is 13.8. The highest BCUT2D eigenvalue weighted by Gasteiger charge is 2.39. The van der Waals surface area contributed by atoms with Crippen LogP contribution in [0.15, 0.2) is 24.5 Å². The number of amides is 1. The van der Waals surface area contributed by atoms with Crippen molar-refractivity contribution in [3.8, 4) is 5.69 Å². The molecule has 0 radical (unpaired) electrons. The van der Waals surface area contributed by atoms with Crippen LogP contribution in [0.25, 0.3) is 5.69 Å². The van der Waals surface area contributed by atoms with Crippen LogP contribution < -0.4 is 5.32 Å². The van der Waals surface area contributed by atoms with Gasteiger partial charge in [-0.25, -0.2) is 9.07 Å². The molecule has 1 aliphatic rings. The number of tetrazole rings is 1. The molecule has 3 rings (SSSR count). The number of nitrogens with one attached hydrogen (secondary N) is 1. The summed E-state index contributed by atoms with van der Waals surface area (Å²) < 4.78 is 15.2. The first-order chi connectivity index (χ1) is 10.1. The van der Waals surface area contributed by atoms with E-state index in [-0.39, 0.29) is 5.69 Å². The first kappa shape index (κ1) is 13.6. The molecule has 7 nitrogen and oxygen atoms in total. The van der Waals surface area contributed by atoms with Gasteiger partial charge in [-0.1, -0.05) is 0 Å². The van der Waals surface area contributed by atoms with Gasteiger partial charge in [-0.05, 0) is 54.3 Å². The van der Waals surface area contributed by atoms with Crippen molar-refractivity contribution in [2.24, 2.45) is 0 Å². The Morgan fingerprint density at radius 3 is 2.81 bits per heavy atom. The zero-order valence-corrected chi connectivity index (χ0v) is 11.2. The largest absolute Gasteiger partial charge is 0.380 e. The summed E-state index contributed by atoms with van der Waals surface area (Å²) in [5, 5.41) is 23.3. The maximum absolute atomic E-state index is 13.8. The van der Waals surface area contributed by atoms with Crippen molar-refractivity contribution in [3.05, 3.63) is 30.3 Å². The van der Waals surface area contributed by atoms with Crippen LogP contribution in [0.1, 0.15) is 25.7 Å². The number of hydrogen-bond donors (Lipinski definition) is 2. The molecule has 1 aromatic heterocycles. The molecule has 0 aliphatic heterocycles. The van der Waals surface area contributed by atoms with Crippen LogP contribution in [0.3, 0.4) is 0 Å². The van der Waals surface area contributed by atoms with Crippen molar-refractivity contribution >= 4 is 11.6 Å². The Bertz CT molecular complexity index is 653. The Hall–Kier alpha value is -2.35. The fourth-order valence-corrected chi connectivity index (χ4v) is 2.46. The third kappa shape index (κ3) is 2.62. The predicted octanol–water partition coefficient (Wildman–Crippen LogP) is 1.04. The van der Waals surface area contributed by atoms with E-state index in [4.69, 9.17) is 0 Å². The summed E-state index contributed by atoms with van der Waals surface area (Å²) in [6.07, 6.45) is 3.73. The first-order valence-electron chi connectivity index (χ1n) is 6.65. The van der Waals surface area contributed by atoms with E-state index >= 15 is 0 Å². The highest BCUT2D eigenvalue weighted by atomic mass is 19.1. The van der Waals surface area contributed by atoms with Crippen molar-refractivity contribution in [2.75, 3.05) is 5.32 Å². The molecule has 1 aliphatic carbocycles. The van der Waals surface area contributed by atoms with Crippen molar-refractivity contribution in [1.82, 2.24) is 20.2 Å². The highest BCUT2D eigenvalue weighted by molar-refractivity contribution is 5.97. The third-order valence-electron chi connectivity index (χ3n) is 3.67. The number of rotatable bonds is 3. The second-order valence-electron chi connectivity index (χ2n) is 5.11. The molecule has 2 aromatic rings. The topological polar surface area (TPSA) is 92.9 Å². The Kier molecular flexibility index (Phi) is 3.38. The molecule has 110 valence electrons. The smallest absolute Gasteiger partial charge is 0.256 e. The maximum Gasteiger partial charge on any atom is 0.256 e. The van der Waals surface area contributed by atoms with Crippen LogP contribution in [-0.4, -0.2) is 36.8 Å². The molecule has 0 saturated heterocycles. The number of halogens is 1. The summed E-state index contributed by atoms with van der Waals surface area (Å²) in [5.74, 6) is -1.16. The van der Waals surface area contributed by atoms with Crippen LogP contribution >= 0.6 is 0 Å². The van der Waals surface area contributed by atoms with Crippen LogP contribution in [0.2, 0.25) is 0 Å². The van der Waals surface area contributed by atoms with Crippen molar-refractivity contribution < 1.29 is 14.3 Å². The highest BCUT2D eigenvalue weighted by Crippen LogP contribution is 2.31. The van der Waals surface area contributed by atoms with Gasteiger partial charge in [0.25, 0.3) is 5.91 Å². The molecular weight excluding hydrogens is 277 g/mol. The van der Waals surface area contributed by atoms with Crippen molar-refractivity contribution in [3.63, 3.8) is 0 Å². The molecule has 1 aromatic carbocycles. The molecule has 1 saturated carbocycles. The number of aliphatic hydroxyl groups is 1. The number of aromatic nitrogens is 4. The summed E-state index contributed by atoms with van der Waals surface area (Å²) in [5.41, 5.74) is -0.902. The third-order valence-corrected chi connectivity index (χ3v) is 3.67. The number of nitrogens with zero attached hydrogens (tertiary/aromatic N) is 4. The Labute approximate surface area is 119 Å². The molecule has 1 amide bonds. The molecule has 0 bridgehead atoms. The standard InChI is InChI=1S/C13H14FN5O2/c14-10-4-3-9(19-8-15-17-18-19)7-11(10)16-12(20)13(21)5-1-2-6-13/h3-4,7-8,21H,1-2,5-6H2,(H,16,20). The molecule has 0 atom stereocenters. The summed E-state index contributed by atoms with van der Waals surface area (Å²) >= 11 is 0. The molecule has 8 heteroatoms. The second kappa shape index (κ2) is 5.21. The molecule has 0 spiro atoms. The van der Waals surface area contributed by atoms with E-state index in [1.54, 1.807) is 0 Å². The van der Waals surface area contributed by atoms with E-state index < -0.39 is 17.3 Å². The molecule has 1 heterocycles. The van der Waals surface area contributed by atoms with Gasteiger partial charge in [-0.2, -0.15) is 0 Å². The number of anilines is 1. The zero-order valence-electron chi connectivity index (χ0n) is 11.2. The SMILES string of the molecule is O=C(Nc1cc(-n2cnnn2)ccc1F)C1(O)CCCC1. The number of carbonyl (C=O) groups is 1. The fraction of sp³-hybridized carbons (Fsp3) is 0.385. The van der Waals surface area contributed by atoms with Crippen LogP contribution in [0, 0.1) is 5.82 Å². The quantitative estimate of drug-likeness (QED) is 0.881. The molecule has 21 heavy (non-hydrogen) atoms. The first-order valence-corrected chi connectivity index (χ1v) is 6.65. The van der Waals surface area contributed by atoms with Gasteiger partial charge in [0, 0.05) is 0 Å². The number of carbonyl (C=O) groups excluding carboxylic acids is 1. The zero-order chi connectivity index (χ0) is 14.9. The number of benzene rings is 1. The predicted molar refractivity (Wildman–Crippen MR) is 71.2 cm³/mol. The number of hydrogen-bond acceptors (Lipinski definition) is 5. The van der Waals surface area contributed by atoms with E-state index in [0.29, 0.717) is 18.5 Å². The summed E-state index contributed by atoms with van der Waals surface area (Å²) in [7, 11) is 0. The van der Waals surface area contributed by atoms with Gasteiger partial charge in [0.05, 0.1) is 11.4 Å². The average Bonchev–Trinajstić information content (AvgIpc) is 3.13. The summed E-state index contributed by atoms with van der Waals surface area (Å²) in [4.78, 5) is 12.1. The van der Waals surface area contributed by atoms with Crippen LogP contribution in [0.5, 0.6) is 0 Å². The van der Waals surface area contributed by atoms with E-state index in [9.17, 15) is 14.3 Å². The van der Waals surface area contributed by atoms with E-state index in [0.717, 1.165) is 12.8 Å².